The van der Waals surface area contributed by atoms with Gasteiger partial charge in [0.05, 0.1) is 11.6 Å². The molecule has 1 saturated heterocycles. The summed E-state index contributed by atoms with van der Waals surface area (Å²) in [5.74, 6) is 0.991. The molecule has 3 heterocycles. The van der Waals surface area contributed by atoms with E-state index in [0.717, 1.165) is 31.5 Å². The molecule has 0 saturated carbocycles. The summed E-state index contributed by atoms with van der Waals surface area (Å²) < 4.78 is 12.9. The SMILES string of the molecule is COc1cc(/C=c2\sc3ncnn3c2=O)ccc1OCC(=O)N1CCCCC1. The number of thiazole rings is 1. The van der Waals surface area contributed by atoms with Crippen LogP contribution in [0.2, 0.25) is 0 Å². The molecule has 9 heteroatoms. The van der Waals surface area contributed by atoms with Crippen molar-refractivity contribution < 1.29 is 14.3 Å². The lowest BCUT2D eigenvalue weighted by molar-refractivity contribution is -0.134. The molecule has 0 unspecified atom stereocenters. The summed E-state index contributed by atoms with van der Waals surface area (Å²) in [5.41, 5.74) is 0.581. The zero-order valence-electron chi connectivity index (χ0n) is 15.5. The summed E-state index contributed by atoms with van der Waals surface area (Å²) in [5, 5.41) is 3.91. The fourth-order valence-electron chi connectivity index (χ4n) is 3.20. The minimum Gasteiger partial charge on any atom is -0.493 e. The van der Waals surface area contributed by atoms with Crippen LogP contribution in [0.5, 0.6) is 11.5 Å². The fourth-order valence-corrected chi connectivity index (χ4v) is 4.08. The molecule has 28 heavy (non-hydrogen) atoms. The van der Waals surface area contributed by atoms with Gasteiger partial charge in [0.2, 0.25) is 4.96 Å². The number of piperidine rings is 1. The normalized spacial score (nSPS) is 15.2. The standard InChI is InChI=1S/C19H20N4O4S/c1-26-15-9-13(10-16-18(25)23-19(28-16)20-12-21-23)5-6-14(15)27-11-17(24)22-7-3-2-4-8-22/h5-6,9-10,12H,2-4,7-8,11H2,1H3/b16-10-. The van der Waals surface area contributed by atoms with Crippen LogP contribution < -0.4 is 19.6 Å². The van der Waals surface area contributed by atoms with Crippen molar-refractivity contribution in [3.8, 4) is 11.5 Å². The first kappa shape index (κ1) is 18.4. The van der Waals surface area contributed by atoms with Crippen LogP contribution in [-0.2, 0) is 4.79 Å². The topological polar surface area (TPSA) is 86.0 Å². The second-order valence-electron chi connectivity index (χ2n) is 6.51. The van der Waals surface area contributed by atoms with Gasteiger partial charge in [-0.05, 0) is 43.0 Å². The van der Waals surface area contributed by atoms with Gasteiger partial charge in [0, 0.05) is 13.1 Å². The Morgan fingerprint density at radius 2 is 2.07 bits per heavy atom. The molecule has 0 spiro atoms. The molecule has 0 aliphatic carbocycles. The molecule has 4 rings (SSSR count). The van der Waals surface area contributed by atoms with E-state index >= 15 is 0 Å². The molecule has 0 bridgehead atoms. The first-order chi connectivity index (χ1) is 13.7. The third-order valence-corrected chi connectivity index (χ3v) is 5.64. The van der Waals surface area contributed by atoms with Crippen LogP contribution in [0, 0.1) is 0 Å². The van der Waals surface area contributed by atoms with Crippen molar-refractivity contribution in [2.24, 2.45) is 0 Å². The summed E-state index contributed by atoms with van der Waals surface area (Å²) in [6.45, 7) is 1.58. The molecule has 2 aromatic heterocycles. The Balaban J connectivity index is 1.52. The van der Waals surface area contributed by atoms with Crippen molar-refractivity contribution in [3.05, 3.63) is 45.0 Å². The van der Waals surface area contributed by atoms with Gasteiger partial charge in [0.15, 0.2) is 18.1 Å². The van der Waals surface area contributed by atoms with E-state index in [9.17, 15) is 9.59 Å². The largest absolute Gasteiger partial charge is 0.493 e. The lowest BCUT2D eigenvalue weighted by Gasteiger charge is -2.26. The minimum absolute atomic E-state index is 0.0113. The first-order valence-electron chi connectivity index (χ1n) is 9.08. The van der Waals surface area contributed by atoms with E-state index < -0.39 is 0 Å². The van der Waals surface area contributed by atoms with Gasteiger partial charge in [-0.1, -0.05) is 17.4 Å². The Kier molecular flexibility index (Phi) is 5.25. The Morgan fingerprint density at radius 1 is 1.25 bits per heavy atom. The third kappa shape index (κ3) is 3.70. The number of nitrogens with zero attached hydrogens (tertiary/aromatic N) is 4. The van der Waals surface area contributed by atoms with Gasteiger partial charge in [-0.25, -0.2) is 4.98 Å². The Hall–Kier alpha value is -2.94. The number of carbonyl (C=O) groups is 1. The highest BCUT2D eigenvalue weighted by molar-refractivity contribution is 7.15. The molecule has 0 atom stereocenters. The van der Waals surface area contributed by atoms with Crippen LogP contribution in [0.1, 0.15) is 24.8 Å². The van der Waals surface area contributed by atoms with E-state index in [4.69, 9.17) is 9.47 Å². The van der Waals surface area contributed by atoms with E-state index in [-0.39, 0.29) is 18.1 Å². The number of likely N-dealkylation sites (tertiary alicyclic amines) is 1. The van der Waals surface area contributed by atoms with Crippen LogP contribution >= 0.6 is 11.3 Å². The molecule has 146 valence electrons. The summed E-state index contributed by atoms with van der Waals surface area (Å²) in [4.78, 5) is 31.0. The van der Waals surface area contributed by atoms with Gasteiger partial charge in [0.1, 0.15) is 6.33 Å². The number of fused-ring (bicyclic) bond motifs is 1. The molecule has 8 nitrogen and oxygen atoms in total. The zero-order chi connectivity index (χ0) is 19.5. The zero-order valence-corrected chi connectivity index (χ0v) is 16.3. The van der Waals surface area contributed by atoms with Gasteiger partial charge in [-0.15, -0.1) is 0 Å². The molecule has 1 fully saturated rings. The maximum Gasteiger partial charge on any atom is 0.291 e. The molecular formula is C19H20N4O4S. The average Bonchev–Trinajstić information content (AvgIpc) is 3.30. The fraction of sp³-hybridized carbons (Fsp3) is 0.368. The molecule has 0 N–H and O–H groups in total. The van der Waals surface area contributed by atoms with Gasteiger partial charge < -0.3 is 14.4 Å². The van der Waals surface area contributed by atoms with Crippen LogP contribution in [0.25, 0.3) is 11.0 Å². The monoisotopic (exact) mass is 400 g/mol. The van der Waals surface area contributed by atoms with E-state index in [0.29, 0.717) is 21.0 Å². The number of rotatable bonds is 5. The average molecular weight is 400 g/mol. The number of benzene rings is 1. The van der Waals surface area contributed by atoms with Gasteiger partial charge in [-0.2, -0.15) is 9.61 Å². The summed E-state index contributed by atoms with van der Waals surface area (Å²) in [6.07, 6.45) is 6.38. The van der Waals surface area contributed by atoms with Crippen molar-refractivity contribution in [1.82, 2.24) is 19.5 Å². The Morgan fingerprint density at radius 3 is 2.82 bits per heavy atom. The van der Waals surface area contributed by atoms with Gasteiger partial charge in [0.25, 0.3) is 11.5 Å². The second kappa shape index (κ2) is 7.97. The van der Waals surface area contributed by atoms with E-state index in [2.05, 4.69) is 10.1 Å². The van der Waals surface area contributed by atoms with Crippen molar-refractivity contribution in [3.63, 3.8) is 0 Å². The Bertz CT molecular complexity index is 1100. The minimum atomic E-state index is -0.205. The summed E-state index contributed by atoms with van der Waals surface area (Å²) >= 11 is 1.27. The number of aromatic nitrogens is 3. The molecule has 1 aliphatic heterocycles. The number of hydrogen-bond donors (Lipinski definition) is 0. The predicted molar refractivity (Wildman–Crippen MR) is 105 cm³/mol. The van der Waals surface area contributed by atoms with E-state index in [1.54, 1.807) is 25.3 Å². The molecule has 1 aliphatic rings. The van der Waals surface area contributed by atoms with Crippen LogP contribution in [-0.4, -0.2) is 52.2 Å². The Labute approximate surface area is 165 Å². The van der Waals surface area contributed by atoms with Crippen LogP contribution in [0.4, 0.5) is 0 Å². The lowest BCUT2D eigenvalue weighted by Crippen LogP contribution is -2.38. The quantitative estimate of drug-likeness (QED) is 0.638. The highest BCUT2D eigenvalue weighted by atomic mass is 32.1. The molecule has 3 aromatic rings. The predicted octanol–water partition coefficient (Wildman–Crippen LogP) is 1.10. The van der Waals surface area contributed by atoms with E-state index in [1.807, 2.05) is 11.0 Å². The maximum atomic E-state index is 12.3. The second-order valence-corrected chi connectivity index (χ2v) is 7.52. The van der Waals surface area contributed by atoms with Crippen LogP contribution in [0.15, 0.2) is 29.3 Å². The smallest absolute Gasteiger partial charge is 0.291 e. The van der Waals surface area contributed by atoms with Crippen LogP contribution in [0.3, 0.4) is 0 Å². The van der Waals surface area contributed by atoms with Gasteiger partial charge in [-0.3, -0.25) is 9.59 Å². The lowest BCUT2D eigenvalue weighted by atomic mass is 10.1. The highest BCUT2D eigenvalue weighted by Crippen LogP contribution is 2.28. The number of carbonyl (C=O) groups excluding carboxylic acids is 1. The van der Waals surface area contributed by atoms with Crippen molar-refractivity contribution in [2.75, 3.05) is 26.8 Å². The third-order valence-electron chi connectivity index (χ3n) is 4.67. The van der Waals surface area contributed by atoms with Crippen molar-refractivity contribution >= 4 is 28.3 Å². The highest BCUT2D eigenvalue weighted by Gasteiger charge is 2.17. The number of ether oxygens (including phenoxy) is 2. The number of hydrogen-bond acceptors (Lipinski definition) is 7. The van der Waals surface area contributed by atoms with Crippen molar-refractivity contribution in [2.45, 2.75) is 19.3 Å². The molecule has 1 aromatic carbocycles. The van der Waals surface area contributed by atoms with E-state index in [1.165, 1.54) is 28.6 Å². The van der Waals surface area contributed by atoms with Crippen molar-refractivity contribution in [1.29, 1.82) is 0 Å². The number of amides is 1. The summed E-state index contributed by atoms with van der Waals surface area (Å²) in [7, 11) is 1.54. The number of methoxy groups -OCH3 is 1. The molecule has 1 amide bonds. The van der Waals surface area contributed by atoms with Gasteiger partial charge >= 0.3 is 0 Å². The first-order valence-corrected chi connectivity index (χ1v) is 9.90. The summed E-state index contributed by atoms with van der Waals surface area (Å²) in [6, 6.07) is 5.34. The molecular weight excluding hydrogens is 380 g/mol. The molecule has 0 radical (unpaired) electrons. The maximum absolute atomic E-state index is 12.3.